The Kier molecular flexibility index (Phi) is 3.82. The molecule has 1 unspecified atom stereocenters. The number of amides is 1. The van der Waals surface area contributed by atoms with E-state index in [1.165, 1.54) is 0 Å². The van der Waals surface area contributed by atoms with Crippen LogP contribution in [0.25, 0.3) is 21.0 Å². The number of aromatic hydroxyl groups is 1. The van der Waals surface area contributed by atoms with Gasteiger partial charge in [0.25, 0.3) is 5.91 Å². The number of fused-ring (bicyclic) bond motifs is 4. The highest BCUT2D eigenvalue weighted by molar-refractivity contribution is 7.19. The summed E-state index contributed by atoms with van der Waals surface area (Å²) < 4.78 is 1.01. The van der Waals surface area contributed by atoms with Crippen LogP contribution in [0.2, 0.25) is 0 Å². The Morgan fingerprint density at radius 1 is 1.36 bits per heavy atom. The van der Waals surface area contributed by atoms with E-state index in [9.17, 15) is 9.90 Å². The van der Waals surface area contributed by atoms with Gasteiger partial charge in [-0.25, -0.2) is 0 Å². The summed E-state index contributed by atoms with van der Waals surface area (Å²) in [5, 5.41) is 12.3. The lowest BCUT2D eigenvalue weighted by atomic mass is 10.0. The topological polar surface area (TPSA) is 82.3 Å². The molecule has 1 aliphatic heterocycles. The van der Waals surface area contributed by atoms with E-state index in [1.807, 2.05) is 31.2 Å². The molecule has 0 spiro atoms. The number of phenolic OH excluding ortho intramolecular Hbond substituents is 1. The van der Waals surface area contributed by atoms with E-state index in [0.29, 0.717) is 23.8 Å². The predicted octanol–water partition coefficient (Wildman–Crippen LogP) is 4.96. The number of halogens is 1. The average molecular weight is 412 g/mol. The van der Waals surface area contributed by atoms with Crippen molar-refractivity contribution in [3.63, 3.8) is 0 Å². The molecule has 5 rings (SSSR count). The van der Waals surface area contributed by atoms with Crippen molar-refractivity contribution in [1.29, 1.82) is 0 Å². The molecular formula is C21H18ClN3O2S. The van der Waals surface area contributed by atoms with Gasteiger partial charge in [0.2, 0.25) is 0 Å². The molecule has 1 atom stereocenters. The number of aromatic amines is 1. The van der Waals surface area contributed by atoms with E-state index < -0.39 is 0 Å². The number of hydrogen-bond donors (Lipinski definition) is 3. The van der Waals surface area contributed by atoms with Crippen molar-refractivity contribution in [3.8, 4) is 5.75 Å². The zero-order valence-electron chi connectivity index (χ0n) is 15.1. The van der Waals surface area contributed by atoms with E-state index in [2.05, 4.69) is 4.98 Å². The van der Waals surface area contributed by atoms with Gasteiger partial charge in [0, 0.05) is 61.5 Å². The van der Waals surface area contributed by atoms with Crippen LogP contribution in [-0.2, 0) is 0 Å². The summed E-state index contributed by atoms with van der Waals surface area (Å²) in [6, 6.07) is 11.0. The monoisotopic (exact) mass is 411 g/mol. The van der Waals surface area contributed by atoms with Crippen molar-refractivity contribution >= 4 is 61.2 Å². The second-order valence-corrected chi connectivity index (χ2v) is 8.79. The lowest BCUT2D eigenvalue weighted by molar-refractivity contribution is 0.0984. The van der Waals surface area contributed by atoms with E-state index in [4.69, 9.17) is 17.3 Å². The number of aromatic nitrogens is 1. The Balaban J connectivity index is 1.64. The molecule has 0 saturated heterocycles. The van der Waals surface area contributed by atoms with Gasteiger partial charge in [0.15, 0.2) is 0 Å². The Bertz CT molecular complexity index is 1260. The van der Waals surface area contributed by atoms with Crippen LogP contribution in [0.15, 0.2) is 36.4 Å². The molecule has 0 saturated carbocycles. The summed E-state index contributed by atoms with van der Waals surface area (Å²) in [6.45, 7) is 2.50. The third-order valence-electron chi connectivity index (χ3n) is 5.33. The Morgan fingerprint density at radius 3 is 2.96 bits per heavy atom. The number of nitrogen functional groups attached to an aromatic ring is 1. The van der Waals surface area contributed by atoms with Crippen molar-refractivity contribution in [1.82, 2.24) is 4.98 Å². The summed E-state index contributed by atoms with van der Waals surface area (Å²) >= 11 is 7.89. The SMILES string of the molecule is Cc1cc2c(O)cc3c(c2s1)C(CCl)CN3C(=O)c1cc2cc(N)ccc2[nH]1. The molecule has 7 heteroatoms. The highest BCUT2D eigenvalue weighted by atomic mass is 35.5. The number of carbonyl (C=O) groups is 1. The van der Waals surface area contributed by atoms with Crippen molar-refractivity contribution in [3.05, 3.63) is 52.5 Å². The van der Waals surface area contributed by atoms with Gasteiger partial charge in [-0.1, -0.05) is 0 Å². The first-order valence-corrected chi connectivity index (χ1v) is 10.3. The van der Waals surface area contributed by atoms with Crippen LogP contribution in [0.1, 0.15) is 26.8 Å². The van der Waals surface area contributed by atoms with Crippen LogP contribution in [0.3, 0.4) is 0 Å². The summed E-state index contributed by atoms with van der Waals surface area (Å²) in [5.41, 5.74) is 9.64. The molecule has 0 aliphatic carbocycles. The zero-order valence-corrected chi connectivity index (χ0v) is 16.7. The molecule has 142 valence electrons. The fraction of sp³-hybridized carbons (Fsp3) is 0.190. The maximum absolute atomic E-state index is 13.3. The predicted molar refractivity (Wildman–Crippen MR) is 116 cm³/mol. The number of anilines is 2. The van der Waals surface area contributed by atoms with Crippen LogP contribution in [0, 0.1) is 6.92 Å². The number of aryl methyl sites for hydroxylation is 1. The summed E-state index contributed by atoms with van der Waals surface area (Å²) in [7, 11) is 0. The van der Waals surface area contributed by atoms with Gasteiger partial charge in [-0.3, -0.25) is 4.79 Å². The normalized spacial score (nSPS) is 16.2. The minimum Gasteiger partial charge on any atom is -0.507 e. The Morgan fingerprint density at radius 2 is 2.18 bits per heavy atom. The minimum atomic E-state index is -0.143. The van der Waals surface area contributed by atoms with Crippen LogP contribution >= 0.6 is 22.9 Å². The van der Waals surface area contributed by atoms with Crippen LogP contribution < -0.4 is 10.6 Å². The molecule has 1 aliphatic rings. The third kappa shape index (κ3) is 2.48. The van der Waals surface area contributed by atoms with Crippen molar-refractivity contribution < 1.29 is 9.90 Å². The van der Waals surface area contributed by atoms with Crippen molar-refractivity contribution in [2.24, 2.45) is 0 Å². The number of hydrogen-bond acceptors (Lipinski definition) is 4. The van der Waals surface area contributed by atoms with Crippen molar-refractivity contribution in [2.75, 3.05) is 23.1 Å². The first-order chi connectivity index (χ1) is 13.5. The number of thiophene rings is 1. The standard InChI is InChI=1S/C21H18ClN3O2S/c1-10-4-14-18(26)7-17-19(20(14)28-10)12(8-22)9-25(17)21(27)16-6-11-5-13(23)2-3-15(11)24-16/h2-7,12,24,26H,8-9,23H2,1H3. The fourth-order valence-electron chi connectivity index (χ4n) is 4.06. The second-order valence-electron chi connectivity index (χ2n) is 7.23. The van der Waals surface area contributed by atoms with Crippen LogP contribution in [0.4, 0.5) is 11.4 Å². The van der Waals surface area contributed by atoms with E-state index >= 15 is 0 Å². The van der Waals surface area contributed by atoms with Gasteiger partial charge < -0.3 is 20.7 Å². The van der Waals surface area contributed by atoms with Gasteiger partial charge in [-0.15, -0.1) is 22.9 Å². The number of rotatable bonds is 2. The molecular weight excluding hydrogens is 394 g/mol. The fourth-order valence-corrected chi connectivity index (χ4v) is 5.47. The minimum absolute atomic E-state index is 0.0294. The number of H-pyrrole nitrogens is 1. The number of carbonyl (C=O) groups excluding carboxylic acids is 1. The van der Waals surface area contributed by atoms with Crippen LogP contribution in [-0.4, -0.2) is 28.4 Å². The lowest BCUT2D eigenvalue weighted by Gasteiger charge is -2.17. The number of nitrogens with two attached hydrogens (primary N) is 1. The molecule has 0 radical (unpaired) electrons. The van der Waals surface area contributed by atoms with Gasteiger partial charge in [-0.05, 0) is 37.3 Å². The van der Waals surface area contributed by atoms with E-state index in [-0.39, 0.29) is 17.6 Å². The highest BCUT2D eigenvalue weighted by Gasteiger charge is 2.36. The van der Waals surface area contributed by atoms with Gasteiger partial charge in [0.05, 0.1) is 5.69 Å². The van der Waals surface area contributed by atoms with Gasteiger partial charge in [0.1, 0.15) is 11.4 Å². The summed E-state index contributed by atoms with van der Waals surface area (Å²) in [6.07, 6.45) is 0. The Labute approximate surface area is 170 Å². The smallest absolute Gasteiger partial charge is 0.274 e. The zero-order chi connectivity index (χ0) is 19.6. The molecule has 3 heterocycles. The molecule has 1 amide bonds. The molecule has 0 fully saturated rings. The van der Waals surface area contributed by atoms with Gasteiger partial charge in [-0.2, -0.15) is 0 Å². The van der Waals surface area contributed by atoms with Gasteiger partial charge >= 0.3 is 0 Å². The maximum atomic E-state index is 13.3. The highest BCUT2D eigenvalue weighted by Crippen LogP contribution is 2.48. The first kappa shape index (κ1) is 17.4. The maximum Gasteiger partial charge on any atom is 0.274 e. The molecule has 28 heavy (non-hydrogen) atoms. The summed E-state index contributed by atoms with van der Waals surface area (Å²) in [4.78, 5) is 19.3. The number of alkyl halides is 1. The first-order valence-electron chi connectivity index (χ1n) is 8.98. The lowest BCUT2D eigenvalue weighted by Crippen LogP contribution is -2.30. The second kappa shape index (κ2) is 6.15. The number of nitrogens with one attached hydrogen (secondary N) is 1. The average Bonchev–Trinajstić information content (AvgIpc) is 3.35. The molecule has 2 aromatic carbocycles. The number of nitrogens with zero attached hydrogens (tertiary/aromatic N) is 1. The Hall–Kier alpha value is -2.70. The summed E-state index contributed by atoms with van der Waals surface area (Å²) in [5.74, 6) is 0.490. The number of phenols is 1. The quantitative estimate of drug-likeness (QED) is 0.322. The number of benzene rings is 2. The van der Waals surface area contributed by atoms with Crippen molar-refractivity contribution in [2.45, 2.75) is 12.8 Å². The molecule has 2 aromatic heterocycles. The third-order valence-corrected chi connectivity index (χ3v) is 6.79. The molecule has 0 bridgehead atoms. The largest absolute Gasteiger partial charge is 0.507 e. The molecule has 4 N–H and O–H groups in total. The molecule has 4 aromatic rings. The van der Waals surface area contributed by atoms with E-state index in [1.54, 1.807) is 28.4 Å². The van der Waals surface area contributed by atoms with Crippen LogP contribution in [0.5, 0.6) is 5.75 Å². The molecule has 5 nitrogen and oxygen atoms in total. The van der Waals surface area contributed by atoms with E-state index in [0.717, 1.165) is 37.1 Å².